The van der Waals surface area contributed by atoms with E-state index in [9.17, 15) is 0 Å². The van der Waals surface area contributed by atoms with Gasteiger partial charge in [0.25, 0.3) is 0 Å². The van der Waals surface area contributed by atoms with Crippen molar-refractivity contribution in [3.8, 4) is 11.5 Å². The Hall–Kier alpha value is -0.510. The molecule has 0 bridgehead atoms. The summed E-state index contributed by atoms with van der Waals surface area (Å²) >= 11 is 12.7. The summed E-state index contributed by atoms with van der Waals surface area (Å²) < 4.78 is 7.83. The van der Waals surface area contributed by atoms with Crippen LogP contribution in [0.2, 0.25) is 0 Å². The number of rotatable bonds is 3. The zero-order valence-electron chi connectivity index (χ0n) is 9.71. The first-order chi connectivity index (χ1) is 8.60. The molecule has 0 radical (unpaired) electrons. The van der Waals surface area contributed by atoms with E-state index in [0.29, 0.717) is 5.88 Å². The standard InChI is InChI=1S/C14H11Br2ClO/c1-9-2-4-11(15)6-14(9)18-12-5-3-10(8-17)13(16)7-12/h2-7H,8H2,1H3. The molecule has 0 saturated heterocycles. The van der Waals surface area contributed by atoms with Crippen LogP contribution in [0.25, 0.3) is 0 Å². The second-order valence-corrected chi connectivity index (χ2v) is 5.94. The van der Waals surface area contributed by atoms with Crippen LogP contribution in [0.3, 0.4) is 0 Å². The number of halogens is 3. The Kier molecular flexibility index (Phi) is 4.71. The van der Waals surface area contributed by atoms with Crippen LogP contribution in [0.15, 0.2) is 45.3 Å². The molecule has 0 saturated carbocycles. The van der Waals surface area contributed by atoms with Gasteiger partial charge in [-0.1, -0.05) is 44.0 Å². The maximum absolute atomic E-state index is 5.87. The molecule has 0 aromatic heterocycles. The SMILES string of the molecule is Cc1ccc(Br)cc1Oc1ccc(CCl)c(Br)c1. The molecule has 0 fully saturated rings. The summed E-state index contributed by atoms with van der Waals surface area (Å²) in [6.45, 7) is 2.02. The minimum Gasteiger partial charge on any atom is -0.457 e. The maximum atomic E-state index is 5.87. The van der Waals surface area contributed by atoms with Crippen molar-refractivity contribution in [3.05, 3.63) is 56.5 Å². The molecule has 0 N–H and O–H groups in total. The Morgan fingerprint density at radius 3 is 2.56 bits per heavy atom. The lowest BCUT2D eigenvalue weighted by molar-refractivity contribution is 0.478. The molecule has 2 rings (SSSR count). The van der Waals surface area contributed by atoms with Crippen LogP contribution < -0.4 is 4.74 Å². The zero-order chi connectivity index (χ0) is 13.1. The van der Waals surface area contributed by atoms with Gasteiger partial charge in [-0.15, -0.1) is 11.6 Å². The van der Waals surface area contributed by atoms with Crippen molar-refractivity contribution in [1.29, 1.82) is 0 Å². The normalized spacial score (nSPS) is 10.4. The fraction of sp³-hybridized carbons (Fsp3) is 0.143. The summed E-state index contributed by atoms with van der Waals surface area (Å²) in [5.41, 5.74) is 2.14. The average molecular weight is 391 g/mol. The van der Waals surface area contributed by atoms with Crippen LogP contribution in [0.1, 0.15) is 11.1 Å². The average Bonchev–Trinajstić information content (AvgIpc) is 2.34. The summed E-state index contributed by atoms with van der Waals surface area (Å²) in [7, 11) is 0. The summed E-state index contributed by atoms with van der Waals surface area (Å²) in [5, 5.41) is 0. The van der Waals surface area contributed by atoms with Crippen LogP contribution in [0.4, 0.5) is 0 Å². The van der Waals surface area contributed by atoms with E-state index in [1.807, 2.05) is 43.3 Å². The molecule has 0 aliphatic heterocycles. The Morgan fingerprint density at radius 2 is 1.89 bits per heavy atom. The predicted molar refractivity (Wildman–Crippen MR) is 82.7 cm³/mol. The molecular weight excluding hydrogens is 379 g/mol. The quantitative estimate of drug-likeness (QED) is 0.580. The van der Waals surface area contributed by atoms with E-state index in [1.54, 1.807) is 0 Å². The number of hydrogen-bond donors (Lipinski definition) is 0. The second kappa shape index (κ2) is 6.09. The van der Waals surface area contributed by atoms with Crippen LogP contribution >= 0.6 is 43.5 Å². The Balaban J connectivity index is 2.28. The fourth-order valence-corrected chi connectivity index (χ4v) is 2.74. The number of aryl methyl sites for hydroxylation is 1. The third kappa shape index (κ3) is 3.28. The zero-order valence-corrected chi connectivity index (χ0v) is 13.6. The van der Waals surface area contributed by atoms with Crippen LogP contribution in [-0.4, -0.2) is 0 Å². The van der Waals surface area contributed by atoms with E-state index >= 15 is 0 Å². The molecular formula is C14H11Br2ClO. The van der Waals surface area contributed by atoms with E-state index in [1.165, 1.54) is 0 Å². The summed E-state index contributed by atoms with van der Waals surface area (Å²) in [6.07, 6.45) is 0. The topological polar surface area (TPSA) is 9.23 Å². The van der Waals surface area contributed by atoms with Crippen molar-refractivity contribution in [3.63, 3.8) is 0 Å². The lowest BCUT2D eigenvalue weighted by atomic mass is 10.2. The summed E-state index contributed by atoms with van der Waals surface area (Å²) in [5.74, 6) is 2.11. The predicted octanol–water partition coefficient (Wildman–Crippen LogP) is 6.05. The van der Waals surface area contributed by atoms with Gasteiger partial charge in [-0.05, 0) is 42.3 Å². The van der Waals surface area contributed by atoms with E-state index < -0.39 is 0 Å². The fourth-order valence-electron chi connectivity index (χ4n) is 1.51. The van der Waals surface area contributed by atoms with Crippen LogP contribution in [0.5, 0.6) is 11.5 Å². The number of hydrogen-bond acceptors (Lipinski definition) is 1. The van der Waals surface area contributed by atoms with Gasteiger partial charge in [0.1, 0.15) is 11.5 Å². The first kappa shape index (κ1) is 13.9. The van der Waals surface area contributed by atoms with E-state index in [4.69, 9.17) is 16.3 Å². The van der Waals surface area contributed by atoms with Crippen molar-refractivity contribution in [2.75, 3.05) is 0 Å². The molecule has 4 heteroatoms. The highest BCUT2D eigenvalue weighted by molar-refractivity contribution is 9.10. The number of ether oxygens (including phenoxy) is 1. The van der Waals surface area contributed by atoms with Crippen LogP contribution in [-0.2, 0) is 5.88 Å². The lowest BCUT2D eigenvalue weighted by Crippen LogP contribution is -1.89. The van der Waals surface area contributed by atoms with Crippen molar-refractivity contribution in [2.45, 2.75) is 12.8 Å². The Labute approximate surface area is 128 Å². The third-order valence-corrected chi connectivity index (χ3v) is 4.07. The smallest absolute Gasteiger partial charge is 0.131 e. The van der Waals surface area contributed by atoms with Gasteiger partial charge < -0.3 is 4.74 Å². The van der Waals surface area contributed by atoms with Crippen molar-refractivity contribution in [2.24, 2.45) is 0 Å². The number of alkyl halides is 1. The van der Waals surface area contributed by atoms with Gasteiger partial charge in [-0.25, -0.2) is 0 Å². The van der Waals surface area contributed by atoms with Gasteiger partial charge in [0.05, 0.1) is 0 Å². The highest BCUT2D eigenvalue weighted by Gasteiger charge is 2.05. The van der Waals surface area contributed by atoms with E-state index in [-0.39, 0.29) is 0 Å². The molecule has 0 amide bonds. The molecule has 0 aliphatic rings. The minimum absolute atomic E-state index is 0.483. The summed E-state index contributed by atoms with van der Waals surface area (Å²) in [6, 6.07) is 11.8. The van der Waals surface area contributed by atoms with Gasteiger partial charge in [0.15, 0.2) is 0 Å². The van der Waals surface area contributed by atoms with Crippen molar-refractivity contribution < 1.29 is 4.74 Å². The van der Waals surface area contributed by atoms with E-state index in [0.717, 1.165) is 31.6 Å². The molecule has 0 unspecified atom stereocenters. The molecule has 94 valence electrons. The Bertz CT molecular complexity index is 570. The van der Waals surface area contributed by atoms with Crippen molar-refractivity contribution in [1.82, 2.24) is 0 Å². The largest absolute Gasteiger partial charge is 0.457 e. The molecule has 0 spiro atoms. The molecule has 18 heavy (non-hydrogen) atoms. The third-order valence-electron chi connectivity index (χ3n) is 2.55. The van der Waals surface area contributed by atoms with Gasteiger partial charge in [-0.2, -0.15) is 0 Å². The maximum Gasteiger partial charge on any atom is 0.131 e. The van der Waals surface area contributed by atoms with Crippen LogP contribution in [0, 0.1) is 6.92 Å². The first-order valence-electron chi connectivity index (χ1n) is 5.38. The van der Waals surface area contributed by atoms with Crippen molar-refractivity contribution >= 4 is 43.5 Å². The monoisotopic (exact) mass is 388 g/mol. The van der Waals surface area contributed by atoms with Gasteiger partial charge in [0, 0.05) is 14.8 Å². The lowest BCUT2D eigenvalue weighted by Gasteiger charge is -2.10. The number of benzene rings is 2. The molecule has 1 nitrogen and oxygen atoms in total. The molecule has 0 atom stereocenters. The van der Waals surface area contributed by atoms with E-state index in [2.05, 4.69) is 31.9 Å². The molecule has 2 aromatic carbocycles. The minimum atomic E-state index is 0.483. The molecule has 0 aliphatic carbocycles. The van der Waals surface area contributed by atoms with Gasteiger partial charge >= 0.3 is 0 Å². The summed E-state index contributed by atoms with van der Waals surface area (Å²) in [4.78, 5) is 0. The molecule has 0 heterocycles. The Morgan fingerprint density at radius 1 is 1.11 bits per heavy atom. The second-order valence-electron chi connectivity index (χ2n) is 3.90. The van der Waals surface area contributed by atoms with Gasteiger partial charge in [0.2, 0.25) is 0 Å². The van der Waals surface area contributed by atoms with Gasteiger partial charge in [-0.3, -0.25) is 0 Å². The highest BCUT2D eigenvalue weighted by Crippen LogP contribution is 2.31. The first-order valence-corrected chi connectivity index (χ1v) is 7.50. The molecule has 2 aromatic rings. The highest BCUT2D eigenvalue weighted by atomic mass is 79.9.